The van der Waals surface area contributed by atoms with Crippen LogP contribution in [0.3, 0.4) is 0 Å². The number of anilines is 1. The third-order valence-corrected chi connectivity index (χ3v) is 2.33. The van der Waals surface area contributed by atoms with Gasteiger partial charge in [0.2, 0.25) is 5.95 Å². The number of nitrogens with zero attached hydrogens (tertiary/aromatic N) is 3. The number of aromatic nitrogens is 3. The Hall–Kier alpha value is -2.37. The zero-order valence-corrected chi connectivity index (χ0v) is 11.0. The summed E-state index contributed by atoms with van der Waals surface area (Å²) in [6.07, 6.45) is 0. The van der Waals surface area contributed by atoms with E-state index in [1.807, 2.05) is 38.1 Å². The molecule has 6 nitrogen and oxygen atoms in total. The number of ether oxygens (including phenoxy) is 2. The minimum absolute atomic E-state index is 0.141. The molecule has 0 aliphatic rings. The molecule has 0 amide bonds. The molecule has 100 valence electrons. The number of rotatable bonds is 5. The molecule has 19 heavy (non-hydrogen) atoms. The molecule has 2 aromatic rings. The van der Waals surface area contributed by atoms with Gasteiger partial charge in [-0.05, 0) is 38.1 Å². The van der Waals surface area contributed by atoms with Crippen LogP contribution < -0.4 is 15.2 Å². The predicted octanol–water partition coefficient (Wildman–Crippen LogP) is 1.92. The minimum atomic E-state index is 0.141. The molecule has 2 N–H and O–H groups in total. The molecule has 0 radical (unpaired) electrons. The summed E-state index contributed by atoms with van der Waals surface area (Å²) in [5.74, 6) is 1.43. The molecule has 0 aliphatic heterocycles. The molecular formula is C13H16N4O2. The molecule has 0 fully saturated rings. The highest BCUT2D eigenvalue weighted by atomic mass is 16.5. The van der Waals surface area contributed by atoms with E-state index >= 15 is 0 Å². The van der Waals surface area contributed by atoms with Crippen LogP contribution in [-0.2, 0) is 0 Å². The number of benzene rings is 1. The second-order valence-electron chi connectivity index (χ2n) is 3.69. The van der Waals surface area contributed by atoms with Gasteiger partial charge < -0.3 is 15.2 Å². The van der Waals surface area contributed by atoms with E-state index in [0.29, 0.717) is 19.0 Å². The van der Waals surface area contributed by atoms with E-state index in [4.69, 9.17) is 15.2 Å². The fourth-order valence-electron chi connectivity index (χ4n) is 1.56. The van der Waals surface area contributed by atoms with E-state index in [-0.39, 0.29) is 12.0 Å². The molecule has 1 aromatic heterocycles. The van der Waals surface area contributed by atoms with Crippen LogP contribution >= 0.6 is 0 Å². The Balaban J connectivity index is 2.29. The number of nitrogens with two attached hydrogens (primary N) is 1. The van der Waals surface area contributed by atoms with Gasteiger partial charge in [-0.15, -0.1) is 0 Å². The van der Waals surface area contributed by atoms with Crippen molar-refractivity contribution in [2.75, 3.05) is 18.9 Å². The van der Waals surface area contributed by atoms with E-state index in [2.05, 4.69) is 15.0 Å². The third-order valence-electron chi connectivity index (χ3n) is 2.33. The second-order valence-corrected chi connectivity index (χ2v) is 3.69. The van der Waals surface area contributed by atoms with Crippen LogP contribution in [0.1, 0.15) is 13.8 Å². The van der Waals surface area contributed by atoms with Crippen LogP contribution in [0.5, 0.6) is 11.8 Å². The van der Waals surface area contributed by atoms with Crippen molar-refractivity contribution in [2.45, 2.75) is 13.8 Å². The van der Waals surface area contributed by atoms with Crippen molar-refractivity contribution in [3.63, 3.8) is 0 Å². The van der Waals surface area contributed by atoms with Gasteiger partial charge in [0, 0.05) is 5.56 Å². The fourth-order valence-corrected chi connectivity index (χ4v) is 1.56. The Labute approximate surface area is 111 Å². The molecule has 1 heterocycles. The maximum absolute atomic E-state index is 5.64. The smallest absolute Gasteiger partial charge is 0.321 e. The monoisotopic (exact) mass is 260 g/mol. The van der Waals surface area contributed by atoms with Crippen LogP contribution in [0.4, 0.5) is 5.95 Å². The van der Waals surface area contributed by atoms with Crippen molar-refractivity contribution in [3.8, 4) is 23.1 Å². The molecule has 2 rings (SSSR count). The van der Waals surface area contributed by atoms with E-state index in [1.165, 1.54) is 0 Å². The van der Waals surface area contributed by atoms with Crippen molar-refractivity contribution >= 4 is 5.95 Å². The zero-order valence-electron chi connectivity index (χ0n) is 11.0. The molecule has 0 spiro atoms. The van der Waals surface area contributed by atoms with Crippen LogP contribution in [0.2, 0.25) is 0 Å². The SMILES string of the molecule is CCOc1ccc(-c2nc(N)nc(OCC)n2)cc1. The molecule has 0 unspecified atom stereocenters. The maximum Gasteiger partial charge on any atom is 0.321 e. The van der Waals surface area contributed by atoms with Crippen LogP contribution in [-0.4, -0.2) is 28.2 Å². The summed E-state index contributed by atoms with van der Waals surface area (Å²) in [5.41, 5.74) is 6.47. The van der Waals surface area contributed by atoms with Gasteiger partial charge in [0.25, 0.3) is 0 Å². The summed E-state index contributed by atoms with van der Waals surface area (Å²) in [6, 6.07) is 7.70. The van der Waals surface area contributed by atoms with Gasteiger partial charge in [0.1, 0.15) is 5.75 Å². The van der Waals surface area contributed by atoms with Crippen LogP contribution in [0, 0.1) is 0 Å². The Morgan fingerprint density at radius 3 is 2.26 bits per heavy atom. The predicted molar refractivity (Wildman–Crippen MR) is 72.0 cm³/mol. The first kappa shape index (κ1) is 13.1. The molecular weight excluding hydrogens is 244 g/mol. The zero-order chi connectivity index (χ0) is 13.7. The van der Waals surface area contributed by atoms with Gasteiger partial charge in [0.05, 0.1) is 13.2 Å². The second kappa shape index (κ2) is 5.99. The van der Waals surface area contributed by atoms with Gasteiger partial charge in [-0.25, -0.2) is 0 Å². The van der Waals surface area contributed by atoms with E-state index < -0.39 is 0 Å². The molecule has 6 heteroatoms. The van der Waals surface area contributed by atoms with Crippen molar-refractivity contribution in [2.24, 2.45) is 0 Å². The summed E-state index contributed by atoms with van der Waals surface area (Å²) >= 11 is 0. The number of hydrogen-bond acceptors (Lipinski definition) is 6. The van der Waals surface area contributed by atoms with Crippen molar-refractivity contribution < 1.29 is 9.47 Å². The first-order chi connectivity index (χ1) is 9.22. The van der Waals surface area contributed by atoms with Crippen molar-refractivity contribution in [1.29, 1.82) is 0 Å². The average molecular weight is 260 g/mol. The molecule has 0 atom stereocenters. The highest BCUT2D eigenvalue weighted by molar-refractivity contribution is 5.57. The van der Waals surface area contributed by atoms with Gasteiger partial charge >= 0.3 is 6.01 Å². The van der Waals surface area contributed by atoms with Gasteiger partial charge in [-0.3, -0.25) is 0 Å². The lowest BCUT2D eigenvalue weighted by Crippen LogP contribution is -2.04. The topological polar surface area (TPSA) is 83.2 Å². The van der Waals surface area contributed by atoms with E-state index in [1.54, 1.807) is 0 Å². The third kappa shape index (κ3) is 3.31. The Bertz CT molecular complexity index is 543. The normalized spacial score (nSPS) is 10.2. The summed E-state index contributed by atoms with van der Waals surface area (Å²) < 4.78 is 10.6. The summed E-state index contributed by atoms with van der Waals surface area (Å²) in [4.78, 5) is 12.2. The van der Waals surface area contributed by atoms with Crippen molar-refractivity contribution in [1.82, 2.24) is 15.0 Å². The van der Waals surface area contributed by atoms with E-state index in [0.717, 1.165) is 11.3 Å². The van der Waals surface area contributed by atoms with Gasteiger partial charge in [-0.2, -0.15) is 15.0 Å². The molecule has 0 saturated carbocycles. The molecule has 0 saturated heterocycles. The number of hydrogen-bond donors (Lipinski definition) is 1. The summed E-state index contributed by atoms with van der Waals surface area (Å²) in [5, 5.41) is 0. The minimum Gasteiger partial charge on any atom is -0.494 e. The van der Waals surface area contributed by atoms with Gasteiger partial charge in [0.15, 0.2) is 5.82 Å². The first-order valence-corrected chi connectivity index (χ1v) is 6.10. The summed E-state index contributed by atoms with van der Waals surface area (Å²) in [6.45, 7) is 4.91. The average Bonchev–Trinajstić information content (AvgIpc) is 2.40. The van der Waals surface area contributed by atoms with Crippen LogP contribution in [0.25, 0.3) is 11.4 Å². The largest absolute Gasteiger partial charge is 0.494 e. The number of nitrogen functional groups attached to an aromatic ring is 1. The lowest BCUT2D eigenvalue weighted by atomic mass is 10.2. The molecule has 1 aromatic carbocycles. The lowest BCUT2D eigenvalue weighted by Gasteiger charge is -2.06. The van der Waals surface area contributed by atoms with Gasteiger partial charge in [-0.1, -0.05) is 0 Å². The molecule has 0 aliphatic carbocycles. The summed E-state index contributed by atoms with van der Waals surface area (Å²) in [7, 11) is 0. The quantitative estimate of drug-likeness (QED) is 0.884. The fraction of sp³-hybridized carbons (Fsp3) is 0.308. The Kier molecular flexibility index (Phi) is 4.12. The first-order valence-electron chi connectivity index (χ1n) is 6.10. The molecule has 0 bridgehead atoms. The Morgan fingerprint density at radius 2 is 1.63 bits per heavy atom. The van der Waals surface area contributed by atoms with Crippen molar-refractivity contribution in [3.05, 3.63) is 24.3 Å². The lowest BCUT2D eigenvalue weighted by molar-refractivity contribution is 0.312. The maximum atomic E-state index is 5.64. The van der Waals surface area contributed by atoms with E-state index in [9.17, 15) is 0 Å². The highest BCUT2D eigenvalue weighted by Crippen LogP contribution is 2.21. The standard InChI is InChI=1S/C13H16N4O2/c1-3-18-10-7-5-9(6-8-10)11-15-12(14)17-13(16-11)19-4-2/h5-8H,3-4H2,1-2H3,(H2,14,15,16,17). The Morgan fingerprint density at radius 1 is 0.947 bits per heavy atom. The highest BCUT2D eigenvalue weighted by Gasteiger charge is 2.07. The van der Waals surface area contributed by atoms with Crippen LogP contribution in [0.15, 0.2) is 24.3 Å².